The lowest BCUT2D eigenvalue weighted by atomic mass is 10.1. The summed E-state index contributed by atoms with van der Waals surface area (Å²) in [4.78, 5) is 15.5. The molecule has 0 amide bonds. The van der Waals surface area contributed by atoms with Crippen molar-refractivity contribution in [2.24, 2.45) is 0 Å². The number of benzene rings is 1. The predicted molar refractivity (Wildman–Crippen MR) is 67.6 cm³/mol. The average molecular weight is 299 g/mol. The molecule has 0 fully saturated rings. The molecule has 0 unspecified atom stereocenters. The van der Waals surface area contributed by atoms with E-state index in [2.05, 4.69) is 31.1 Å². The van der Waals surface area contributed by atoms with Crippen LogP contribution in [0.1, 0.15) is 0 Å². The van der Waals surface area contributed by atoms with Gasteiger partial charge in [0.15, 0.2) is 0 Å². The molecule has 7 heteroatoms. The van der Waals surface area contributed by atoms with Crippen LogP contribution in [0.3, 0.4) is 0 Å². The van der Waals surface area contributed by atoms with Gasteiger partial charge >= 0.3 is 0 Å². The number of nitrogens with zero attached hydrogens (tertiary/aromatic N) is 1. The standard InChI is InChI=1S/C9H7BrN4OS/c10-4-1-2-6(11)5(3-4)7-8(15)13-14-9(16)12-7/h1-3H,11H2,(H,13,15)(H,12,14,16). The second-order valence-electron chi connectivity index (χ2n) is 3.08. The minimum atomic E-state index is -0.363. The van der Waals surface area contributed by atoms with E-state index in [1.54, 1.807) is 18.2 Å². The Bertz CT molecular complexity index is 648. The van der Waals surface area contributed by atoms with Crippen molar-refractivity contribution in [3.05, 3.63) is 37.8 Å². The van der Waals surface area contributed by atoms with Crippen molar-refractivity contribution in [2.75, 3.05) is 5.73 Å². The minimum Gasteiger partial charge on any atom is -0.398 e. The van der Waals surface area contributed by atoms with Crippen LogP contribution in [0.4, 0.5) is 5.69 Å². The summed E-state index contributed by atoms with van der Waals surface area (Å²) in [6, 6.07) is 5.21. The first kappa shape index (κ1) is 11.0. The lowest BCUT2D eigenvalue weighted by molar-refractivity contribution is 0.919. The zero-order valence-electron chi connectivity index (χ0n) is 7.95. The summed E-state index contributed by atoms with van der Waals surface area (Å²) in [5.74, 6) is 0. The third kappa shape index (κ3) is 2.05. The highest BCUT2D eigenvalue weighted by molar-refractivity contribution is 9.10. The number of nitrogen functional groups attached to an aromatic ring is 1. The zero-order valence-corrected chi connectivity index (χ0v) is 10.4. The lowest BCUT2D eigenvalue weighted by Gasteiger charge is -2.04. The molecule has 1 aromatic heterocycles. The molecular weight excluding hydrogens is 292 g/mol. The molecule has 0 saturated heterocycles. The molecule has 2 aromatic rings. The van der Waals surface area contributed by atoms with E-state index >= 15 is 0 Å². The minimum absolute atomic E-state index is 0.203. The Labute approximate surface area is 104 Å². The van der Waals surface area contributed by atoms with Crippen molar-refractivity contribution in [2.45, 2.75) is 0 Å². The smallest absolute Gasteiger partial charge is 0.289 e. The van der Waals surface area contributed by atoms with Crippen LogP contribution >= 0.6 is 28.1 Å². The van der Waals surface area contributed by atoms with Crippen LogP contribution in [-0.4, -0.2) is 15.2 Å². The molecule has 82 valence electrons. The third-order valence-electron chi connectivity index (χ3n) is 1.98. The summed E-state index contributed by atoms with van der Waals surface area (Å²) in [7, 11) is 0. The van der Waals surface area contributed by atoms with E-state index in [0.717, 1.165) is 4.47 Å². The molecule has 0 aliphatic rings. The number of hydrogen-bond acceptors (Lipinski definition) is 4. The Morgan fingerprint density at radius 1 is 1.38 bits per heavy atom. The zero-order chi connectivity index (χ0) is 11.7. The monoisotopic (exact) mass is 298 g/mol. The molecule has 0 saturated carbocycles. The van der Waals surface area contributed by atoms with Gasteiger partial charge in [-0.3, -0.25) is 15.0 Å². The van der Waals surface area contributed by atoms with Crippen molar-refractivity contribution in [1.29, 1.82) is 0 Å². The van der Waals surface area contributed by atoms with Crippen LogP contribution in [0.15, 0.2) is 27.5 Å². The number of nitrogens with one attached hydrogen (secondary N) is 2. The van der Waals surface area contributed by atoms with Crippen LogP contribution in [0.2, 0.25) is 0 Å². The van der Waals surface area contributed by atoms with Crippen LogP contribution in [0.5, 0.6) is 0 Å². The maximum absolute atomic E-state index is 11.6. The normalized spacial score (nSPS) is 10.3. The first-order valence-electron chi connectivity index (χ1n) is 4.32. The predicted octanol–water partition coefficient (Wildman–Crippen LogP) is 1.84. The van der Waals surface area contributed by atoms with E-state index in [-0.39, 0.29) is 16.0 Å². The van der Waals surface area contributed by atoms with Crippen molar-refractivity contribution < 1.29 is 0 Å². The molecule has 2 rings (SSSR count). The first-order valence-corrected chi connectivity index (χ1v) is 5.52. The summed E-state index contributed by atoms with van der Waals surface area (Å²) in [6.45, 7) is 0. The molecule has 16 heavy (non-hydrogen) atoms. The Kier molecular flexibility index (Phi) is 2.88. The van der Waals surface area contributed by atoms with Crippen LogP contribution < -0.4 is 11.3 Å². The van der Waals surface area contributed by atoms with E-state index < -0.39 is 0 Å². The van der Waals surface area contributed by atoms with Gasteiger partial charge in [0.2, 0.25) is 4.77 Å². The third-order valence-corrected chi connectivity index (χ3v) is 2.67. The fourth-order valence-electron chi connectivity index (χ4n) is 1.27. The largest absolute Gasteiger partial charge is 0.398 e. The van der Waals surface area contributed by atoms with Gasteiger partial charge in [-0.05, 0) is 30.4 Å². The van der Waals surface area contributed by atoms with Gasteiger partial charge in [-0.2, -0.15) is 0 Å². The van der Waals surface area contributed by atoms with Gasteiger partial charge in [-0.25, -0.2) is 4.98 Å². The Morgan fingerprint density at radius 2 is 2.12 bits per heavy atom. The lowest BCUT2D eigenvalue weighted by Crippen LogP contribution is -2.14. The summed E-state index contributed by atoms with van der Waals surface area (Å²) in [6.07, 6.45) is 0. The molecule has 0 radical (unpaired) electrons. The number of nitrogens with two attached hydrogens (primary N) is 1. The van der Waals surface area contributed by atoms with Crippen molar-refractivity contribution in [3.63, 3.8) is 0 Å². The van der Waals surface area contributed by atoms with E-state index in [1.807, 2.05) is 0 Å². The number of hydrogen-bond donors (Lipinski definition) is 3. The van der Waals surface area contributed by atoms with Crippen molar-refractivity contribution >= 4 is 33.8 Å². The molecule has 0 aliphatic carbocycles. The quantitative estimate of drug-likeness (QED) is 0.554. The highest BCUT2D eigenvalue weighted by Gasteiger charge is 2.09. The van der Waals surface area contributed by atoms with Crippen molar-refractivity contribution in [1.82, 2.24) is 15.2 Å². The van der Waals surface area contributed by atoms with E-state index in [4.69, 9.17) is 18.0 Å². The number of aromatic amines is 2. The Hall–Kier alpha value is -1.47. The van der Waals surface area contributed by atoms with Gasteiger partial charge in [-0.1, -0.05) is 15.9 Å². The molecule has 1 heterocycles. The van der Waals surface area contributed by atoms with Gasteiger partial charge < -0.3 is 5.73 Å². The Morgan fingerprint density at radius 3 is 2.88 bits per heavy atom. The summed E-state index contributed by atoms with van der Waals surface area (Å²) < 4.78 is 1.02. The fraction of sp³-hybridized carbons (Fsp3) is 0. The second kappa shape index (κ2) is 4.18. The molecule has 5 nitrogen and oxygen atoms in total. The van der Waals surface area contributed by atoms with Gasteiger partial charge in [0.1, 0.15) is 5.69 Å². The van der Waals surface area contributed by atoms with E-state index in [1.165, 1.54) is 0 Å². The van der Waals surface area contributed by atoms with Gasteiger partial charge in [0.25, 0.3) is 5.56 Å². The van der Waals surface area contributed by atoms with Crippen LogP contribution in [0.25, 0.3) is 11.3 Å². The Balaban J connectivity index is 2.76. The SMILES string of the molecule is Nc1ccc(Br)cc1-c1nc(=S)[nH][nH]c1=O. The number of anilines is 1. The molecule has 0 bridgehead atoms. The number of halogens is 1. The van der Waals surface area contributed by atoms with Crippen LogP contribution in [0, 0.1) is 4.77 Å². The van der Waals surface area contributed by atoms with E-state index in [9.17, 15) is 4.79 Å². The van der Waals surface area contributed by atoms with Gasteiger partial charge in [0.05, 0.1) is 0 Å². The molecule has 4 N–H and O–H groups in total. The van der Waals surface area contributed by atoms with Crippen LogP contribution in [-0.2, 0) is 0 Å². The molecule has 0 atom stereocenters. The second-order valence-corrected chi connectivity index (χ2v) is 4.38. The molecule has 0 spiro atoms. The molecule has 1 aromatic carbocycles. The number of aromatic nitrogens is 3. The first-order chi connectivity index (χ1) is 7.58. The van der Waals surface area contributed by atoms with E-state index in [0.29, 0.717) is 11.3 Å². The summed E-state index contributed by atoms with van der Waals surface area (Å²) in [5, 5.41) is 4.85. The van der Waals surface area contributed by atoms with Crippen molar-refractivity contribution in [3.8, 4) is 11.3 Å². The summed E-state index contributed by atoms with van der Waals surface area (Å²) >= 11 is 8.15. The van der Waals surface area contributed by atoms with Gasteiger partial charge in [-0.15, -0.1) is 0 Å². The average Bonchev–Trinajstić information content (AvgIpc) is 2.25. The molecule has 0 aliphatic heterocycles. The topological polar surface area (TPSA) is 87.6 Å². The van der Waals surface area contributed by atoms with Gasteiger partial charge in [0, 0.05) is 15.7 Å². The fourth-order valence-corrected chi connectivity index (χ4v) is 1.77. The number of H-pyrrole nitrogens is 2. The molecular formula is C9H7BrN4OS. The maximum Gasteiger partial charge on any atom is 0.289 e. The summed E-state index contributed by atoms with van der Waals surface area (Å²) in [5.41, 5.74) is 6.66. The highest BCUT2D eigenvalue weighted by atomic mass is 79.9. The highest BCUT2D eigenvalue weighted by Crippen LogP contribution is 2.25. The number of rotatable bonds is 1. The maximum atomic E-state index is 11.6.